The van der Waals surface area contributed by atoms with Crippen molar-refractivity contribution in [3.05, 3.63) is 101 Å². The van der Waals surface area contributed by atoms with Gasteiger partial charge in [0.05, 0.1) is 11.6 Å². The number of hydrogen-bond donors (Lipinski definition) is 1. The van der Waals surface area contributed by atoms with E-state index in [9.17, 15) is 5.26 Å². The smallest absolute Gasteiger partial charge is 0.0998 e. The Kier molecular flexibility index (Phi) is 5.75. The molecule has 2 aliphatic carbocycles. The van der Waals surface area contributed by atoms with Gasteiger partial charge in [-0.25, -0.2) is 0 Å². The molecule has 2 nitrogen and oxygen atoms in total. The molecule has 0 spiro atoms. The average molecular weight is 417 g/mol. The van der Waals surface area contributed by atoms with Gasteiger partial charge < -0.3 is 5.73 Å². The van der Waals surface area contributed by atoms with Crippen LogP contribution in [0.15, 0.2) is 78.4 Å². The predicted molar refractivity (Wildman–Crippen MR) is 133 cm³/mol. The Morgan fingerprint density at radius 3 is 2.44 bits per heavy atom. The molecule has 0 fully saturated rings. The maximum Gasteiger partial charge on any atom is 0.0998 e. The van der Waals surface area contributed by atoms with Gasteiger partial charge in [0, 0.05) is 6.54 Å². The van der Waals surface area contributed by atoms with Crippen LogP contribution in [0.5, 0.6) is 0 Å². The Bertz CT molecular complexity index is 1240. The minimum absolute atomic E-state index is 0.571. The van der Waals surface area contributed by atoms with Crippen LogP contribution in [0.25, 0.3) is 28.3 Å². The molecule has 1 unspecified atom stereocenters. The molecule has 0 amide bonds. The monoisotopic (exact) mass is 416 g/mol. The molecule has 0 saturated heterocycles. The Labute approximate surface area is 190 Å². The van der Waals surface area contributed by atoms with Gasteiger partial charge in [0.1, 0.15) is 0 Å². The number of nitriles is 1. The van der Waals surface area contributed by atoms with E-state index in [4.69, 9.17) is 5.73 Å². The van der Waals surface area contributed by atoms with Gasteiger partial charge in [-0.2, -0.15) is 5.26 Å². The summed E-state index contributed by atoms with van der Waals surface area (Å²) in [4.78, 5) is 0. The molecule has 5 rings (SSSR count). The highest BCUT2D eigenvalue weighted by molar-refractivity contribution is 5.81. The van der Waals surface area contributed by atoms with Crippen molar-refractivity contribution in [3.63, 3.8) is 0 Å². The lowest BCUT2D eigenvalue weighted by Gasteiger charge is -2.25. The first-order chi connectivity index (χ1) is 15.8. The normalized spacial score (nSPS) is 17.4. The summed E-state index contributed by atoms with van der Waals surface area (Å²) in [7, 11) is 0. The molecule has 0 radical (unpaired) electrons. The van der Waals surface area contributed by atoms with Crippen LogP contribution in [-0.4, -0.2) is 6.54 Å². The first-order valence-corrected chi connectivity index (χ1v) is 11.6. The van der Waals surface area contributed by atoms with E-state index in [1.807, 2.05) is 24.3 Å². The Morgan fingerprint density at radius 2 is 1.72 bits per heavy atom. The molecular formula is C30H28N2. The van der Waals surface area contributed by atoms with Crippen molar-refractivity contribution in [1.29, 1.82) is 5.26 Å². The van der Waals surface area contributed by atoms with Crippen LogP contribution in [0.4, 0.5) is 0 Å². The number of fused-ring (bicyclic) bond motifs is 1. The molecular weight excluding hydrogens is 388 g/mol. The minimum Gasteiger partial charge on any atom is -0.327 e. The highest BCUT2D eigenvalue weighted by Crippen LogP contribution is 2.39. The Hall–Kier alpha value is -3.41. The highest BCUT2D eigenvalue weighted by atomic mass is 14.5. The molecule has 2 N–H and O–H groups in total. The molecule has 0 heterocycles. The fourth-order valence-electron chi connectivity index (χ4n) is 5.09. The molecule has 3 aromatic rings. The Balaban J connectivity index is 1.54. The third kappa shape index (κ3) is 3.93. The zero-order valence-electron chi connectivity index (χ0n) is 18.4. The van der Waals surface area contributed by atoms with Crippen molar-refractivity contribution >= 4 is 6.08 Å². The van der Waals surface area contributed by atoms with E-state index in [0.717, 1.165) is 36.8 Å². The lowest BCUT2D eigenvalue weighted by atomic mass is 9.80. The van der Waals surface area contributed by atoms with Crippen LogP contribution in [0.1, 0.15) is 53.9 Å². The number of rotatable bonds is 4. The second-order valence-corrected chi connectivity index (χ2v) is 8.85. The number of nitrogens with two attached hydrogens (primary N) is 1. The largest absolute Gasteiger partial charge is 0.327 e. The van der Waals surface area contributed by atoms with Crippen LogP contribution >= 0.6 is 0 Å². The number of allylic oxidation sites excluding steroid dienone is 2. The van der Waals surface area contributed by atoms with Crippen molar-refractivity contribution in [2.45, 2.75) is 38.0 Å². The van der Waals surface area contributed by atoms with Crippen LogP contribution in [-0.2, 0) is 6.42 Å². The number of hydrogen-bond acceptors (Lipinski definition) is 2. The minimum atomic E-state index is 0.571. The van der Waals surface area contributed by atoms with Gasteiger partial charge in [0.15, 0.2) is 0 Å². The highest BCUT2D eigenvalue weighted by Gasteiger charge is 2.20. The van der Waals surface area contributed by atoms with Crippen molar-refractivity contribution in [3.8, 4) is 28.3 Å². The summed E-state index contributed by atoms with van der Waals surface area (Å²) in [5.74, 6) is 0.571. The fourth-order valence-corrected chi connectivity index (χ4v) is 5.09. The fraction of sp³-hybridized carbons (Fsp3) is 0.233. The van der Waals surface area contributed by atoms with Gasteiger partial charge in [-0.3, -0.25) is 0 Å². The van der Waals surface area contributed by atoms with Crippen LogP contribution in [0.2, 0.25) is 0 Å². The first-order valence-electron chi connectivity index (χ1n) is 11.6. The van der Waals surface area contributed by atoms with Gasteiger partial charge in [-0.1, -0.05) is 78.4 Å². The Morgan fingerprint density at radius 1 is 0.938 bits per heavy atom. The SMILES string of the molecule is N#Cc1ccccc1-c1ccc(-c2cc(C3CC=C(CN)CC3)cc3c2C=CCC3)cc1. The zero-order chi connectivity index (χ0) is 21.9. The summed E-state index contributed by atoms with van der Waals surface area (Å²) in [5.41, 5.74) is 16.9. The summed E-state index contributed by atoms with van der Waals surface area (Å²) < 4.78 is 0. The van der Waals surface area contributed by atoms with E-state index in [1.54, 1.807) is 0 Å². The van der Waals surface area contributed by atoms with Gasteiger partial charge >= 0.3 is 0 Å². The van der Waals surface area contributed by atoms with Crippen molar-refractivity contribution < 1.29 is 0 Å². The summed E-state index contributed by atoms with van der Waals surface area (Å²) >= 11 is 0. The average Bonchev–Trinajstić information content (AvgIpc) is 2.88. The van der Waals surface area contributed by atoms with Crippen LogP contribution < -0.4 is 5.73 Å². The zero-order valence-corrected chi connectivity index (χ0v) is 18.4. The van der Waals surface area contributed by atoms with E-state index < -0.39 is 0 Å². The predicted octanol–water partition coefficient (Wildman–Crippen LogP) is 7.00. The third-order valence-corrected chi connectivity index (χ3v) is 6.95. The number of nitrogens with zero attached hydrogens (tertiary/aromatic N) is 1. The first kappa shape index (κ1) is 20.5. The maximum absolute atomic E-state index is 9.46. The molecule has 0 aliphatic heterocycles. The lowest BCUT2D eigenvalue weighted by molar-refractivity contribution is 0.593. The van der Waals surface area contributed by atoms with Crippen molar-refractivity contribution in [2.75, 3.05) is 6.54 Å². The summed E-state index contributed by atoms with van der Waals surface area (Å²) in [5, 5.41) is 9.46. The number of aryl methyl sites for hydroxylation is 1. The molecule has 0 bridgehead atoms. The van der Waals surface area contributed by atoms with E-state index >= 15 is 0 Å². The molecule has 3 aromatic carbocycles. The summed E-state index contributed by atoms with van der Waals surface area (Å²) in [6, 6.07) is 23.7. The van der Waals surface area contributed by atoms with E-state index in [2.05, 4.69) is 60.7 Å². The van der Waals surface area contributed by atoms with E-state index in [1.165, 1.54) is 39.8 Å². The molecule has 1 atom stereocenters. The van der Waals surface area contributed by atoms with E-state index in [0.29, 0.717) is 18.0 Å². The van der Waals surface area contributed by atoms with Gasteiger partial charge in [-0.05, 0) is 83.0 Å². The standard InChI is InChI=1S/C30H28N2/c31-19-21-9-11-22(12-10-21)27-17-25-5-1-4-8-29(25)30(18-27)24-15-13-23(14-16-24)28-7-3-2-6-26(28)20-32/h2-4,6-9,13-18,22H,1,5,10-12,19,31H2. The van der Waals surface area contributed by atoms with Gasteiger partial charge in [-0.15, -0.1) is 0 Å². The molecule has 0 aromatic heterocycles. The molecule has 2 aliphatic rings. The third-order valence-electron chi connectivity index (χ3n) is 6.95. The quantitative estimate of drug-likeness (QED) is 0.465. The molecule has 158 valence electrons. The van der Waals surface area contributed by atoms with Gasteiger partial charge in [0.2, 0.25) is 0 Å². The number of benzene rings is 3. The summed E-state index contributed by atoms with van der Waals surface area (Å²) in [6.45, 7) is 0.689. The molecule has 32 heavy (non-hydrogen) atoms. The lowest BCUT2D eigenvalue weighted by Crippen LogP contribution is -2.11. The van der Waals surface area contributed by atoms with Crippen molar-refractivity contribution in [2.24, 2.45) is 5.73 Å². The van der Waals surface area contributed by atoms with Gasteiger partial charge in [0.25, 0.3) is 0 Å². The topological polar surface area (TPSA) is 49.8 Å². The second kappa shape index (κ2) is 8.99. The molecule has 0 saturated carbocycles. The second-order valence-electron chi connectivity index (χ2n) is 8.85. The molecule has 2 heteroatoms. The van der Waals surface area contributed by atoms with Crippen LogP contribution in [0, 0.1) is 11.3 Å². The van der Waals surface area contributed by atoms with E-state index in [-0.39, 0.29) is 0 Å². The maximum atomic E-state index is 9.46. The van der Waals surface area contributed by atoms with Crippen molar-refractivity contribution in [1.82, 2.24) is 0 Å². The van der Waals surface area contributed by atoms with Crippen LogP contribution in [0.3, 0.4) is 0 Å². The summed E-state index contributed by atoms with van der Waals surface area (Å²) in [6.07, 6.45) is 12.5.